The van der Waals surface area contributed by atoms with Gasteiger partial charge in [0.05, 0.1) is 21.7 Å². The Morgan fingerprint density at radius 1 is 0.174 bits per heavy atom. The minimum absolute atomic E-state index is 0.230. The number of hydrogen-bond acceptors (Lipinski definition) is 8. The molecule has 752 valence electrons. The van der Waals surface area contributed by atoms with Crippen LogP contribution < -0.4 is 0 Å². The summed E-state index contributed by atoms with van der Waals surface area (Å²) in [5.74, 6) is 2.17. The Balaban J connectivity index is 0.000000205. The first-order chi connectivity index (χ1) is 70.2. The van der Waals surface area contributed by atoms with E-state index < -0.39 is 21.7 Å². The zero-order chi connectivity index (χ0) is 105. The molecular formula is C136H160O8. The van der Waals surface area contributed by atoms with Gasteiger partial charge in [-0.1, -0.05) is 443 Å². The smallest absolute Gasteiger partial charge is 0.120 e. The highest BCUT2D eigenvalue weighted by Gasteiger charge is 2.53. The zero-order valence-corrected chi connectivity index (χ0v) is 90.4. The van der Waals surface area contributed by atoms with Crippen LogP contribution in [0.3, 0.4) is 0 Å². The fourth-order valence-corrected chi connectivity index (χ4v) is 21.3. The third-order valence-corrected chi connectivity index (χ3v) is 27.2. The Bertz CT molecular complexity index is 6430. The molecule has 0 spiro atoms. The Morgan fingerprint density at radius 3 is 0.639 bits per heavy atom. The Labute approximate surface area is 863 Å². The summed E-state index contributed by atoms with van der Waals surface area (Å²) in [4.78, 5) is 0. The largest absolute Gasteiger partial charge is 0.508 e. The lowest BCUT2D eigenvalue weighted by Gasteiger charge is -2.35. The number of phenols is 8. The topological polar surface area (TPSA) is 162 Å². The van der Waals surface area contributed by atoms with E-state index in [0.29, 0.717) is 11.5 Å². The number of fused-ring (bicyclic) bond motifs is 12. The monoisotopic (exact) mass is 1920 g/mol. The van der Waals surface area contributed by atoms with Crippen molar-refractivity contribution in [3.63, 3.8) is 0 Å². The van der Waals surface area contributed by atoms with Crippen LogP contribution in [0.1, 0.15) is 323 Å². The van der Waals surface area contributed by atoms with E-state index in [1.54, 1.807) is 24.3 Å². The van der Waals surface area contributed by atoms with Gasteiger partial charge in [-0.05, 0) is 296 Å². The van der Waals surface area contributed by atoms with Crippen molar-refractivity contribution in [1.29, 1.82) is 0 Å². The molecule has 144 heavy (non-hydrogen) atoms. The summed E-state index contributed by atoms with van der Waals surface area (Å²) in [6.07, 6.45) is 12.7. The number of phenolic OH excluding ortho intramolecular Hbond substituents is 8. The number of unbranched alkanes of at least 4 members (excludes halogenated alkanes) is 4. The lowest BCUT2D eigenvalue weighted by Crippen LogP contribution is -2.29. The first kappa shape index (κ1) is 114. The first-order valence-corrected chi connectivity index (χ1v) is 53.5. The van der Waals surface area contributed by atoms with Crippen LogP contribution in [-0.4, -0.2) is 40.9 Å². The van der Waals surface area contributed by atoms with Gasteiger partial charge in [0.15, 0.2) is 0 Å². The molecule has 8 N–H and O–H groups in total. The number of benzene rings is 16. The van der Waals surface area contributed by atoms with Crippen LogP contribution in [0, 0.1) is 27.7 Å². The predicted molar refractivity (Wildman–Crippen MR) is 612 cm³/mol. The molecule has 0 fully saturated rings. The van der Waals surface area contributed by atoms with Crippen LogP contribution in [0.4, 0.5) is 0 Å². The molecule has 0 unspecified atom stereocenters. The molecule has 0 radical (unpaired) electrons. The van der Waals surface area contributed by atoms with Crippen LogP contribution in [0.2, 0.25) is 0 Å². The standard InChI is InChI=1S/C35H38O2.C33H34O2.C27H22O2.C25H18O2.8C2H6/c1-5-7-9-25-13-17-29-27(21-25)28-22-26(10-8-6-2)14-18-30(28)35(29,31-15-11-23(3)19-33(31)36)32-16-12-24(4)20-34(32)37;1-3-5-11-23-21-25(17-19-31(23)34)33(26-18-20-32(35)24(22-26)12-6-4-2)29-15-9-7-13-27(29)28-14-8-10-16-30(28)33;1-17-11-13-23(25(28)15-17)27(24-14-12-18(2)16-26(24)29)21-9-5-3-7-19(21)20-8-4-6-10-22(20)27;26-19-9-5-7-17(15-19)25(18-8-6-10-20(27)16-18)23-13-3-1-11-21(23)22-12-2-4-14-24(22)25;8*1-2/h11-22,36-37H,5-10H2,1-4H3;7-10,13-22,34-35H,3-6,11-12H2,1-2H3;3-16,28-29H,1-2H3;1-16,26-27H;8*1-2H3. The van der Waals surface area contributed by atoms with Gasteiger partial charge >= 0.3 is 0 Å². The van der Waals surface area contributed by atoms with Gasteiger partial charge in [0.2, 0.25) is 0 Å². The van der Waals surface area contributed by atoms with E-state index in [2.05, 4.69) is 210 Å². The van der Waals surface area contributed by atoms with Gasteiger partial charge in [-0.2, -0.15) is 0 Å². The zero-order valence-electron chi connectivity index (χ0n) is 90.4. The molecule has 0 saturated heterocycles. The molecule has 0 aromatic heterocycles. The number of aromatic hydroxyl groups is 8. The van der Waals surface area contributed by atoms with Gasteiger partial charge in [-0.3, -0.25) is 0 Å². The molecule has 20 rings (SSSR count). The van der Waals surface area contributed by atoms with Crippen LogP contribution in [0.25, 0.3) is 44.5 Å². The highest BCUT2D eigenvalue weighted by atomic mass is 16.3. The Morgan fingerprint density at radius 2 is 0.396 bits per heavy atom. The van der Waals surface area contributed by atoms with E-state index >= 15 is 0 Å². The lowest BCUT2D eigenvalue weighted by molar-refractivity contribution is 0.447. The molecule has 4 aliphatic carbocycles. The van der Waals surface area contributed by atoms with Crippen molar-refractivity contribution in [2.45, 2.75) is 265 Å². The fraction of sp³-hybridized carbons (Fsp3) is 0.294. The van der Waals surface area contributed by atoms with Crippen molar-refractivity contribution < 1.29 is 40.9 Å². The molecule has 0 amide bonds. The summed E-state index contributed by atoms with van der Waals surface area (Å²) >= 11 is 0. The average Bonchev–Trinajstić information content (AvgIpc) is 1.51. The van der Waals surface area contributed by atoms with Gasteiger partial charge < -0.3 is 40.9 Å². The second-order valence-corrected chi connectivity index (χ2v) is 35.3. The lowest BCUT2D eigenvalue weighted by atomic mass is 9.66. The van der Waals surface area contributed by atoms with Crippen molar-refractivity contribution in [1.82, 2.24) is 0 Å². The average molecular weight is 1920 g/mol. The van der Waals surface area contributed by atoms with Crippen molar-refractivity contribution in [2.24, 2.45) is 0 Å². The third kappa shape index (κ3) is 22.3. The van der Waals surface area contributed by atoms with Crippen molar-refractivity contribution in [3.05, 3.63) is 473 Å². The molecule has 16 aromatic rings. The maximum atomic E-state index is 11.4. The number of hydrogen-bond donors (Lipinski definition) is 8. The van der Waals surface area contributed by atoms with Crippen LogP contribution >= 0.6 is 0 Å². The minimum Gasteiger partial charge on any atom is -0.508 e. The van der Waals surface area contributed by atoms with Gasteiger partial charge in [0, 0.05) is 22.3 Å². The number of aryl methyl sites for hydroxylation is 8. The molecule has 4 aliphatic rings. The summed E-state index contributed by atoms with van der Waals surface area (Å²) in [6, 6.07) is 115. The van der Waals surface area contributed by atoms with Crippen molar-refractivity contribution in [2.75, 3.05) is 0 Å². The van der Waals surface area contributed by atoms with Crippen molar-refractivity contribution in [3.8, 4) is 90.5 Å². The fourth-order valence-electron chi connectivity index (χ4n) is 21.3. The second kappa shape index (κ2) is 53.9. The van der Waals surface area contributed by atoms with Crippen LogP contribution in [-0.2, 0) is 47.3 Å². The van der Waals surface area contributed by atoms with Crippen LogP contribution in [0.15, 0.2) is 340 Å². The molecular weight excluding hydrogens is 1760 g/mol. The van der Waals surface area contributed by atoms with E-state index in [1.807, 2.05) is 272 Å². The summed E-state index contributed by atoms with van der Waals surface area (Å²) in [5.41, 5.74) is 32.1. The Kier molecular flexibility index (Phi) is 42.5. The van der Waals surface area contributed by atoms with E-state index in [4.69, 9.17) is 0 Å². The Hall–Kier alpha value is -14.1. The van der Waals surface area contributed by atoms with E-state index in [-0.39, 0.29) is 34.5 Å². The molecule has 0 heterocycles. The predicted octanol–water partition coefficient (Wildman–Crippen LogP) is 36.7. The molecule has 16 aromatic carbocycles. The maximum absolute atomic E-state index is 11.4. The normalized spacial score (nSPS) is 12.4. The molecule has 0 atom stereocenters. The number of rotatable bonds is 20. The van der Waals surface area contributed by atoms with Crippen LogP contribution in [0.5, 0.6) is 46.0 Å². The van der Waals surface area contributed by atoms with Gasteiger partial charge in [-0.25, -0.2) is 0 Å². The summed E-state index contributed by atoms with van der Waals surface area (Å²) in [5, 5.41) is 86.9. The first-order valence-electron chi connectivity index (χ1n) is 53.5. The van der Waals surface area contributed by atoms with E-state index in [1.165, 1.54) is 55.6 Å². The van der Waals surface area contributed by atoms with Gasteiger partial charge in [-0.15, -0.1) is 0 Å². The molecule has 0 aliphatic heterocycles. The van der Waals surface area contributed by atoms with Gasteiger partial charge in [0.25, 0.3) is 0 Å². The molecule has 0 bridgehead atoms. The van der Waals surface area contributed by atoms with Gasteiger partial charge in [0.1, 0.15) is 46.0 Å². The molecule has 0 saturated carbocycles. The third-order valence-electron chi connectivity index (χ3n) is 27.2. The minimum atomic E-state index is -0.813. The van der Waals surface area contributed by atoms with E-state index in [0.717, 1.165) is 199 Å². The molecule has 8 heteroatoms. The van der Waals surface area contributed by atoms with Crippen molar-refractivity contribution >= 4 is 0 Å². The maximum Gasteiger partial charge on any atom is 0.120 e. The SMILES string of the molecule is CC.CC.CC.CC.CC.CC.CC.CC.CCCCc1cc(C2(c3ccc(O)c(CCCC)c3)c3ccccc3-c3ccccc32)ccc1O.CCCCc1ccc2c(c1)-c1cc(CCCC)ccc1C2(c1ccc(C)cc1O)c1ccc(C)cc1O.Cc1ccc(C2(c3ccc(C)cc3O)c3ccccc3-c3ccccc32)c(O)c1.Oc1cccc(C2(c3cccc(O)c3)c3ccccc3-c3ccccc32)c1. The quantitative estimate of drug-likeness (QED) is 0.0374. The second-order valence-electron chi connectivity index (χ2n) is 35.3. The summed E-state index contributed by atoms with van der Waals surface area (Å²) < 4.78 is 0. The highest BCUT2D eigenvalue weighted by molar-refractivity contribution is 5.92. The summed E-state index contributed by atoms with van der Waals surface area (Å²) in [6.45, 7) is 48.8. The highest BCUT2D eigenvalue weighted by Crippen LogP contribution is 2.64. The van der Waals surface area contributed by atoms with E-state index in [9.17, 15) is 40.9 Å². The molecule has 8 nitrogen and oxygen atoms in total. The summed E-state index contributed by atoms with van der Waals surface area (Å²) in [7, 11) is 0.